The summed E-state index contributed by atoms with van der Waals surface area (Å²) in [5.41, 5.74) is 3.05. The second-order valence-electron chi connectivity index (χ2n) is 3.75. The van der Waals surface area contributed by atoms with Crippen molar-refractivity contribution in [2.24, 2.45) is 0 Å². The van der Waals surface area contributed by atoms with E-state index in [9.17, 15) is 4.79 Å². The maximum Gasteiger partial charge on any atom is 0.154 e. The van der Waals surface area contributed by atoms with E-state index in [-0.39, 0.29) is 5.78 Å². The van der Waals surface area contributed by atoms with Crippen LogP contribution in [0.5, 0.6) is 0 Å². The molecular weight excluding hydrogens is 140 g/mol. The summed E-state index contributed by atoms with van der Waals surface area (Å²) in [6, 6.07) is 0. The molecule has 0 unspecified atom stereocenters. The molecule has 0 spiro atoms. The van der Waals surface area contributed by atoms with Gasteiger partial charge in [0.1, 0.15) is 0 Å². The number of rotatable bonds is 2. The summed E-state index contributed by atoms with van der Waals surface area (Å²) >= 11 is 0. The Balaban J connectivity index is 4.32. The topological polar surface area (TPSA) is 17.1 Å². The molecule has 0 aromatic heterocycles. The number of allylic oxidation sites excluding steroid dienone is 1. The summed E-state index contributed by atoms with van der Waals surface area (Å²) in [6.45, 7) is 10.2. The van der Waals surface area contributed by atoms with Gasteiger partial charge in [-0.1, -0.05) is 25.3 Å². The summed E-state index contributed by atoms with van der Waals surface area (Å²) in [6.07, 6.45) is 0. The summed E-state index contributed by atoms with van der Waals surface area (Å²) < 4.78 is 0. The van der Waals surface area contributed by atoms with Crippen molar-refractivity contribution in [2.75, 3.05) is 0 Å². The highest BCUT2D eigenvalue weighted by Gasteiger charge is 2.10. The quantitative estimate of drug-likeness (QED) is 0.443. The van der Waals surface area contributed by atoms with E-state index in [2.05, 4.69) is 25.3 Å². The third-order valence-electron chi connectivity index (χ3n) is 1.20. The van der Waals surface area contributed by atoms with Gasteiger partial charge in [0.05, 0.1) is 8.07 Å². The maximum absolute atomic E-state index is 10.8. The lowest BCUT2D eigenvalue weighted by atomic mass is 10.2. The molecule has 0 radical (unpaired) electrons. The predicted octanol–water partition coefficient (Wildman–Crippen LogP) is 2.40. The van der Waals surface area contributed by atoms with Crippen molar-refractivity contribution in [3.05, 3.63) is 11.3 Å². The molecule has 0 fully saturated rings. The molecule has 0 atom stereocenters. The van der Waals surface area contributed by atoms with Crippen LogP contribution in [0.1, 0.15) is 13.8 Å². The molecule has 1 nitrogen and oxygen atoms in total. The van der Waals surface area contributed by atoms with Crippen molar-refractivity contribution in [3.8, 4) is 0 Å². The molecule has 0 aliphatic heterocycles. The van der Waals surface area contributed by atoms with E-state index in [1.165, 1.54) is 0 Å². The van der Waals surface area contributed by atoms with Gasteiger partial charge in [-0.15, -0.1) is 0 Å². The molecule has 2 heteroatoms. The first-order valence-corrected chi connectivity index (χ1v) is 7.11. The highest BCUT2D eigenvalue weighted by molar-refractivity contribution is 6.81. The fraction of sp³-hybridized carbons (Fsp3) is 0.625. The molecule has 58 valence electrons. The molecule has 0 saturated heterocycles. The first kappa shape index (κ1) is 9.63. The number of Topliss-reactive ketones (excluding diaryl/α,β-unsaturated/α-hetero) is 1. The van der Waals surface area contributed by atoms with Gasteiger partial charge in [0.2, 0.25) is 0 Å². The second kappa shape index (κ2) is 3.15. The Hall–Kier alpha value is -0.373. The van der Waals surface area contributed by atoms with Gasteiger partial charge in [-0.05, 0) is 19.4 Å². The van der Waals surface area contributed by atoms with Crippen LogP contribution in [0.2, 0.25) is 19.6 Å². The fourth-order valence-electron chi connectivity index (χ4n) is 0.751. The lowest BCUT2D eigenvalue weighted by Crippen LogP contribution is -2.17. The van der Waals surface area contributed by atoms with Gasteiger partial charge < -0.3 is 0 Å². The Morgan fingerprint density at radius 1 is 1.20 bits per heavy atom. The van der Waals surface area contributed by atoms with Crippen LogP contribution < -0.4 is 0 Å². The highest BCUT2D eigenvalue weighted by atomic mass is 28.3. The average Bonchev–Trinajstić information content (AvgIpc) is 1.60. The molecule has 0 aromatic rings. The lowest BCUT2D eigenvalue weighted by Gasteiger charge is -2.09. The van der Waals surface area contributed by atoms with E-state index in [4.69, 9.17) is 0 Å². The van der Waals surface area contributed by atoms with Crippen LogP contribution in [0.4, 0.5) is 0 Å². The van der Waals surface area contributed by atoms with Crippen LogP contribution in [0, 0.1) is 0 Å². The van der Waals surface area contributed by atoms with E-state index in [1.807, 2.05) is 6.92 Å². The Morgan fingerprint density at radius 2 is 1.60 bits per heavy atom. The second-order valence-corrected chi connectivity index (χ2v) is 8.77. The van der Waals surface area contributed by atoms with E-state index in [0.29, 0.717) is 0 Å². The van der Waals surface area contributed by atoms with Crippen molar-refractivity contribution in [1.29, 1.82) is 0 Å². The molecule has 0 rings (SSSR count). The van der Waals surface area contributed by atoms with Crippen molar-refractivity contribution >= 4 is 13.9 Å². The first-order chi connectivity index (χ1) is 4.33. The average molecular weight is 156 g/mol. The van der Waals surface area contributed by atoms with Crippen molar-refractivity contribution in [1.82, 2.24) is 0 Å². The highest BCUT2D eigenvalue weighted by Crippen LogP contribution is 2.06. The predicted molar refractivity (Wildman–Crippen MR) is 47.8 cm³/mol. The van der Waals surface area contributed by atoms with Crippen molar-refractivity contribution < 1.29 is 4.79 Å². The molecule has 0 aliphatic carbocycles. The zero-order valence-corrected chi connectivity index (χ0v) is 8.49. The van der Waals surface area contributed by atoms with Gasteiger partial charge in [-0.3, -0.25) is 4.79 Å². The third kappa shape index (κ3) is 4.50. The fourth-order valence-corrected chi connectivity index (χ4v) is 2.25. The molecule has 0 saturated carbocycles. The van der Waals surface area contributed by atoms with Crippen LogP contribution in [0.15, 0.2) is 11.3 Å². The lowest BCUT2D eigenvalue weighted by molar-refractivity contribution is -0.113. The van der Waals surface area contributed by atoms with Gasteiger partial charge in [0.25, 0.3) is 0 Å². The standard InChI is InChI=1S/C8H16OSi/c1-7(8(2)9)6-10(3,4)5/h6H,1-5H3/b7-6+. The Bertz CT molecular complexity index is 163. The number of hydrogen-bond donors (Lipinski definition) is 0. The minimum Gasteiger partial charge on any atom is -0.295 e. The summed E-state index contributed by atoms with van der Waals surface area (Å²) in [5, 5.41) is 0. The van der Waals surface area contributed by atoms with Crippen LogP contribution in [0.3, 0.4) is 0 Å². The SMILES string of the molecule is CC(=O)/C(C)=C/[Si](C)(C)C. The van der Waals surface area contributed by atoms with Crippen LogP contribution in [0.25, 0.3) is 0 Å². The third-order valence-corrected chi connectivity index (χ3v) is 2.50. The van der Waals surface area contributed by atoms with E-state index < -0.39 is 8.07 Å². The van der Waals surface area contributed by atoms with Crippen LogP contribution >= 0.6 is 0 Å². The largest absolute Gasteiger partial charge is 0.295 e. The van der Waals surface area contributed by atoms with Crippen LogP contribution in [-0.2, 0) is 4.79 Å². The number of ketones is 1. The van der Waals surface area contributed by atoms with Gasteiger partial charge in [0, 0.05) is 0 Å². The van der Waals surface area contributed by atoms with Gasteiger partial charge in [-0.2, -0.15) is 0 Å². The molecule has 0 aromatic carbocycles. The Labute approximate surface area is 64.1 Å². The zero-order chi connectivity index (χ0) is 8.36. The van der Waals surface area contributed by atoms with Gasteiger partial charge >= 0.3 is 0 Å². The molecule has 0 heterocycles. The molecule has 0 N–H and O–H groups in total. The normalized spacial score (nSPS) is 13.5. The smallest absolute Gasteiger partial charge is 0.154 e. The molecule has 10 heavy (non-hydrogen) atoms. The number of carbonyl (C=O) groups is 1. The van der Waals surface area contributed by atoms with E-state index in [1.54, 1.807) is 6.92 Å². The number of hydrogen-bond acceptors (Lipinski definition) is 1. The van der Waals surface area contributed by atoms with E-state index >= 15 is 0 Å². The number of carbonyl (C=O) groups excluding carboxylic acids is 1. The first-order valence-electron chi connectivity index (χ1n) is 3.53. The van der Waals surface area contributed by atoms with Gasteiger partial charge in [0.15, 0.2) is 5.78 Å². The molecule has 0 amide bonds. The minimum atomic E-state index is -1.17. The van der Waals surface area contributed by atoms with Crippen LogP contribution in [-0.4, -0.2) is 13.9 Å². The zero-order valence-electron chi connectivity index (χ0n) is 7.49. The Kier molecular flexibility index (Phi) is 3.03. The molecule has 0 bridgehead atoms. The van der Waals surface area contributed by atoms with Crippen molar-refractivity contribution in [3.63, 3.8) is 0 Å². The van der Waals surface area contributed by atoms with E-state index in [0.717, 1.165) is 5.57 Å². The van der Waals surface area contributed by atoms with Gasteiger partial charge in [-0.25, -0.2) is 0 Å². The summed E-state index contributed by atoms with van der Waals surface area (Å²) in [5.74, 6) is 0.197. The summed E-state index contributed by atoms with van der Waals surface area (Å²) in [4.78, 5) is 10.8. The minimum absolute atomic E-state index is 0.197. The molecular formula is C8H16OSi. The summed E-state index contributed by atoms with van der Waals surface area (Å²) in [7, 11) is -1.17. The maximum atomic E-state index is 10.8. The monoisotopic (exact) mass is 156 g/mol. The van der Waals surface area contributed by atoms with Crippen molar-refractivity contribution in [2.45, 2.75) is 33.5 Å². The Morgan fingerprint density at radius 3 is 1.70 bits per heavy atom. The molecule has 0 aliphatic rings.